The molecule has 4 aromatic rings. The van der Waals surface area contributed by atoms with Crippen LogP contribution in [-0.2, 0) is 0 Å². The summed E-state index contributed by atoms with van der Waals surface area (Å²) in [5.41, 5.74) is 3.78. The highest BCUT2D eigenvalue weighted by Gasteiger charge is 2.21. The molecule has 0 amide bonds. The first-order valence-electron chi connectivity index (χ1n) is 9.06. The monoisotopic (exact) mass is 412 g/mol. The largest absolute Gasteiger partial charge is 0.476 e. The fraction of sp³-hybridized carbons (Fsp3) is 0.190. The summed E-state index contributed by atoms with van der Waals surface area (Å²) in [6.45, 7) is 2.70. The van der Waals surface area contributed by atoms with E-state index in [1.54, 1.807) is 4.68 Å². The third kappa shape index (κ3) is 3.55. The number of halogens is 2. The fourth-order valence-corrected chi connectivity index (χ4v) is 3.30. The zero-order chi connectivity index (χ0) is 19.5. The second-order valence-corrected chi connectivity index (χ2v) is 7.14. The van der Waals surface area contributed by atoms with E-state index in [2.05, 4.69) is 16.9 Å². The normalized spacial score (nSPS) is 11.1. The lowest BCUT2D eigenvalue weighted by atomic mass is 10.1. The maximum atomic E-state index is 6.46. The van der Waals surface area contributed by atoms with Crippen LogP contribution in [0.1, 0.15) is 19.8 Å². The minimum absolute atomic E-state index is 0.472. The molecule has 2 aromatic carbocycles. The number of rotatable bonds is 6. The molecular weight excluding hydrogens is 395 g/mol. The molecular formula is C21H18Cl2N4O. The molecule has 2 heterocycles. The first kappa shape index (κ1) is 18.7. The van der Waals surface area contributed by atoms with Gasteiger partial charge in [0.25, 0.3) is 0 Å². The Morgan fingerprint density at radius 2 is 1.75 bits per heavy atom. The number of hydrogen-bond acceptors (Lipinski definition) is 4. The Bertz CT molecular complexity index is 1110. The van der Waals surface area contributed by atoms with E-state index < -0.39 is 0 Å². The lowest BCUT2D eigenvalue weighted by Gasteiger charge is -2.09. The average molecular weight is 413 g/mol. The second-order valence-electron chi connectivity index (χ2n) is 6.30. The zero-order valence-corrected chi connectivity index (χ0v) is 16.8. The summed E-state index contributed by atoms with van der Waals surface area (Å²) in [5, 5.41) is 6.02. The molecule has 142 valence electrons. The molecule has 0 atom stereocenters. The van der Waals surface area contributed by atoms with Crippen LogP contribution in [0.5, 0.6) is 5.88 Å². The lowest BCUT2D eigenvalue weighted by Crippen LogP contribution is -2.01. The number of fused-ring (bicyclic) bond motifs is 1. The Morgan fingerprint density at radius 1 is 0.964 bits per heavy atom. The summed E-state index contributed by atoms with van der Waals surface area (Å²) in [5.74, 6) is 0.472. The molecule has 0 fully saturated rings. The number of para-hydroxylation sites is 1. The molecule has 0 radical (unpaired) electrons. The number of ether oxygens (including phenoxy) is 1. The van der Waals surface area contributed by atoms with Gasteiger partial charge in [-0.25, -0.2) is 9.67 Å². The van der Waals surface area contributed by atoms with Crippen molar-refractivity contribution in [3.8, 4) is 22.8 Å². The van der Waals surface area contributed by atoms with Crippen molar-refractivity contribution in [3.05, 3.63) is 64.9 Å². The third-order valence-corrected chi connectivity index (χ3v) is 4.93. The Labute approximate surface area is 172 Å². The van der Waals surface area contributed by atoms with Gasteiger partial charge in [0, 0.05) is 10.6 Å². The van der Waals surface area contributed by atoms with Gasteiger partial charge in [0.1, 0.15) is 17.5 Å². The minimum atomic E-state index is 0.472. The van der Waals surface area contributed by atoms with E-state index in [1.165, 1.54) is 6.33 Å². The highest BCUT2D eigenvalue weighted by molar-refractivity contribution is 6.32. The number of benzene rings is 2. The van der Waals surface area contributed by atoms with Crippen LogP contribution in [0.2, 0.25) is 10.0 Å². The molecule has 0 saturated carbocycles. The Balaban J connectivity index is 1.96. The van der Waals surface area contributed by atoms with E-state index in [0.717, 1.165) is 29.8 Å². The molecule has 0 bridgehead atoms. The van der Waals surface area contributed by atoms with Gasteiger partial charge in [-0.3, -0.25) is 0 Å². The standard InChI is InChI=1S/C21H18Cl2N4O/c1-2-3-12-28-21-19-18(24-13-25-21)20(14-8-10-15(22)11-9-14)27(26-19)17-7-5-4-6-16(17)23/h4-11,13H,2-3,12H2,1H3. The van der Waals surface area contributed by atoms with E-state index >= 15 is 0 Å². The minimum Gasteiger partial charge on any atom is -0.476 e. The molecule has 0 aliphatic rings. The van der Waals surface area contributed by atoms with Gasteiger partial charge in [-0.05, 0) is 30.7 Å². The molecule has 5 nitrogen and oxygen atoms in total. The van der Waals surface area contributed by atoms with Gasteiger partial charge in [0.2, 0.25) is 5.88 Å². The van der Waals surface area contributed by atoms with Crippen LogP contribution in [-0.4, -0.2) is 26.4 Å². The van der Waals surface area contributed by atoms with Crippen LogP contribution in [0.25, 0.3) is 28.0 Å². The number of hydrogen-bond donors (Lipinski definition) is 0. The lowest BCUT2D eigenvalue weighted by molar-refractivity contribution is 0.300. The van der Waals surface area contributed by atoms with Crippen LogP contribution in [0.15, 0.2) is 54.9 Å². The maximum absolute atomic E-state index is 6.46. The third-order valence-electron chi connectivity index (χ3n) is 4.36. The summed E-state index contributed by atoms with van der Waals surface area (Å²) in [6.07, 6.45) is 3.49. The van der Waals surface area contributed by atoms with E-state index in [-0.39, 0.29) is 0 Å². The Hall–Kier alpha value is -2.63. The molecule has 0 N–H and O–H groups in total. The first-order valence-corrected chi connectivity index (χ1v) is 9.82. The molecule has 0 aliphatic carbocycles. The van der Waals surface area contributed by atoms with Crippen LogP contribution >= 0.6 is 23.2 Å². The first-order chi connectivity index (χ1) is 13.7. The summed E-state index contributed by atoms with van der Waals surface area (Å²) in [4.78, 5) is 8.79. The van der Waals surface area contributed by atoms with Crippen LogP contribution < -0.4 is 4.74 Å². The van der Waals surface area contributed by atoms with Crippen molar-refractivity contribution in [1.29, 1.82) is 0 Å². The zero-order valence-electron chi connectivity index (χ0n) is 15.3. The summed E-state index contributed by atoms with van der Waals surface area (Å²) in [6, 6.07) is 15.1. The van der Waals surface area contributed by atoms with Crippen molar-refractivity contribution in [1.82, 2.24) is 19.7 Å². The Kier molecular flexibility index (Phi) is 5.46. The molecule has 2 aromatic heterocycles. The number of unbranched alkanes of at least 4 members (excludes halogenated alkanes) is 1. The Morgan fingerprint density at radius 3 is 2.50 bits per heavy atom. The van der Waals surface area contributed by atoms with E-state index in [4.69, 9.17) is 33.0 Å². The number of nitrogens with zero attached hydrogens (tertiary/aromatic N) is 4. The topological polar surface area (TPSA) is 52.8 Å². The quantitative estimate of drug-likeness (QED) is 0.366. The van der Waals surface area contributed by atoms with Gasteiger partial charge in [-0.15, -0.1) is 0 Å². The van der Waals surface area contributed by atoms with Gasteiger partial charge in [0.15, 0.2) is 5.52 Å². The maximum Gasteiger partial charge on any atom is 0.245 e. The predicted octanol–water partition coefficient (Wildman–Crippen LogP) is 5.97. The molecule has 0 spiro atoms. The molecule has 0 aliphatic heterocycles. The number of aromatic nitrogens is 4. The molecule has 0 unspecified atom stereocenters. The smallest absolute Gasteiger partial charge is 0.245 e. The summed E-state index contributed by atoms with van der Waals surface area (Å²) in [7, 11) is 0. The van der Waals surface area contributed by atoms with Gasteiger partial charge >= 0.3 is 0 Å². The van der Waals surface area contributed by atoms with Crippen molar-refractivity contribution in [2.75, 3.05) is 6.61 Å². The van der Waals surface area contributed by atoms with Crippen molar-refractivity contribution >= 4 is 34.2 Å². The van der Waals surface area contributed by atoms with Crippen molar-refractivity contribution < 1.29 is 4.74 Å². The molecule has 28 heavy (non-hydrogen) atoms. The highest BCUT2D eigenvalue weighted by atomic mass is 35.5. The van der Waals surface area contributed by atoms with Gasteiger partial charge < -0.3 is 4.74 Å². The second kappa shape index (κ2) is 8.17. The fourth-order valence-electron chi connectivity index (χ4n) is 2.96. The van der Waals surface area contributed by atoms with E-state index in [1.807, 2.05) is 48.5 Å². The average Bonchev–Trinajstić information content (AvgIpc) is 3.09. The van der Waals surface area contributed by atoms with Crippen molar-refractivity contribution in [2.45, 2.75) is 19.8 Å². The van der Waals surface area contributed by atoms with Crippen LogP contribution in [0.3, 0.4) is 0 Å². The van der Waals surface area contributed by atoms with Crippen LogP contribution in [0.4, 0.5) is 0 Å². The van der Waals surface area contributed by atoms with E-state index in [0.29, 0.717) is 33.6 Å². The van der Waals surface area contributed by atoms with Crippen molar-refractivity contribution in [3.63, 3.8) is 0 Å². The molecule has 7 heteroatoms. The van der Waals surface area contributed by atoms with Gasteiger partial charge in [-0.1, -0.05) is 60.8 Å². The highest BCUT2D eigenvalue weighted by Crippen LogP contribution is 2.35. The predicted molar refractivity (Wildman–Crippen MR) is 113 cm³/mol. The summed E-state index contributed by atoms with van der Waals surface area (Å²) < 4.78 is 7.66. The van der Waals surface area contributed by atoms with Crippen molar-refractivity contribution in [2.24, 2.45) is 0 Å². The molecule has 0 saturated heterocycles. The van der Waals surface area contributed by atoms with Crippen LogP contribution in [0, 0.1) is 0 Å². The SMILES string of the molecule is CCCCOc1ncnc2c(-c3ccc(Cl)cc3)n(-c3ccccc3Cl)nc12. The molecule has 4 rings (SSSR count). The van der Waals surface area contributed by atoms with Gasteiger partial charge in [-0.2, -0.15) is 10.1 Å². The van der Waals surface area contributed by atoms with Gasteiger partial charge in [0.05, 0.1) is 17.3 Å². The van der Waals surface area contributed by atoms with E-state index in [9.17, 15) is 0 Å². The summed E-state index contributed by atoms with van der Waals surface area (Å²) >= 11 is 12.5.